The second-order valence-corrected chi connectivity index (χ2v) is 7.47. The van der Waals surface area contributed by atoms with E-state index in [4.69, 9.17) is 0 Å². The van der Waals surface area contributed by atoms with Gasteiger partial charge in [-0.15, -0.1) is 0 Å². The van der Waals surface area contributed by atoms with Crippen molar-refractivity contribution in [1.82, 2.24) is 5.32 Å². The fraction of sp³-hybridized carbons (Fsp3) is 1.00. The molecule has 2 aliphatic rings. The number of hydrogen-bond acceptors (Lipinski definition) is 1. The Hall–Kier alpha value is -0.0400. The van der Waals surface area contributed by atoms with E-state index in [1.807, 2.05) is 0 Å². The molecule has 0 spiro atoms. The fourth-order valence-corrected chi connectivity index (χ4v) is 4.20. The highest BCUT2D eigenvalue weighted by atomic mass is 15.0. The largest absolute Gasteiger partial charge is 0.311 e. The Morgan fingerprint density at radius 2 is 1.61 bits per heavy atom. The first-order valence-electron chi connectivity index (χ1n) is 8.34. The van der Waals surface area contributed by atoms with Crippen molar-refractivity contribution in [3.8, 4) is 0 Å². The first kappa shape index (κ1) is 14.4. The summed E-state index contributed by atoms with van der Waals surface area (Å²) in [7, 11) is 0. The summed E-state index contributed by atoms with van der Waals surface area (Å²) in [4.78, 5) is 0. The lowest BCUT2D eigenvalue weighted by Crippen LogP contribution is -2.50. The first-order valence-corrected chi connectivity index (χ1v) is 8.34. The van der Waals surface area contributed by atoms with E-state index in [1.165, 1.54) is 44.9 Å². The van der Waals surface area contributed by atoms with Crippen LogP contribution in [0.3, 0.4) is 0 Å². The van der Waals surface area contributed by atoms with Crippen molar-refractivity contribution in [3.63, 3.8) is 0 Å². The van der Waals surface area contributed by atoms with Crippen molar-refractivity contribution in [1.29, 1.82) is 0 Å². The highest BCUT2D eigenvalue weighted by Crippen LogP contribution is 2.34. The monoisotopic (exact) mass is 251 g/mol. The highest BCUT2D eigenvalue weighted by Gasteiger charge is 2.32. The van der Waals surface area contributed by atoms with E-state index in [0.717, 1.165) is 35.8 Å². The van der Waals surface area contributed by atoms with Crippen LogP contribution in [0.2, 0.25) is 0 Å². The molecular weight excluding hydrogens is 218 g/mol. The molecule has 1 N–H and O–H groups in total. The molecule has 2 fully saturated rings. The maximum atomic E-state index is 4.07. The van der Waals surface area contributed by atoms with Gasteiger partial charge in [-0.25, -0.2) is 0 Å². The molecule has 0 aliphatic heterocycles. The smallest absolute Gasteiger partial charge is 0.0100 e. The summed E-state index contributed by atoms with van der Waals surface area (Å²) in [5, 5.41) is 4.07. The Kier molecular flexibility index (Phi) is 5.12. The normalized spacial score (nSPS) is 42.2. The molecule has 0 aromatic carbocycles. The molecule has 2 saturated carbocycles. The summed E-state index contributed by atoms with van der Waals surface area (Å²) < 4.78 is 0. The van der Waals surface area contributed by atoms with Crippen LogP contribution in [-0.2, 0) is 0 Å². The third kappa shape index (κ3) is 3.50. The number of rotatable bonds is 3. The van der Waals surface area contributed by atoms with Crippen LogP contribution in [0.1, 0.15) is 72.6 Å². The Bertz CT molecular complexity index is 248. The van der Waals surface area contributed by atoms with Crippen molar-refractivity contribution >= 4 is 0 Å². The van der Waals surface area contributed by atoms with Gasteiger partial charge in [0.1, 0.15) is 0 Å². The van der Waals surface area contributed by atoms with Gasteiger partial charge >= 0.3 is 0 Å². The van der Waals surface area contributed by atoms with E-state index in [0.29, 0.717) is 0 Å². The van der Waals surface area contributed by atoms with Crippen LogP contribution < -0.4 is 5.32 Å². The van der Waals surface area contributed by atoms with Gasteiger partial charge in [-0.1, -0.05) is 47.0 Å². The molecule has 0 aromatic rings. The van der Waals surface area contributed by atoms with Gasteiger partial charge in [-0.3, -0.25) is 0 Å². The molecule has 2 rings (SSSR count). The first-order chi connectivity index (χ1) is 8.58. The topological polar surface area (TPSA) is 12.0 Å². The SMILES string of the molecule is CC1CCC(C)C(NC2CCCCC2C(C)C)C1. The summed E-state index contributed by atoms with van der Waals surface area (Å²) in [6, 6.07) is 1.59. The quantitative estimate of drug-likeness (QED) is 0.772. The maximum absolute atomic E-state index is 4.07. The minimum Gasteiger partial charge on any atom is -0.311 e. The summed E-state index contributed by atoms with van der Waals surface area (Å²) in [6.45, 7) is 9.72. The molecule has 0 aromatic heterocycles. The van der Waals surface area contributed by atoms with E-state index in [1.54, 1.807) is 0 Å². The Morgan fingerprint density at radius 1 is 0.889 bits per heavy atom. The molecule has 1 nitrogen and oxygen atoms in total. The predicted molar refractivity (Wildman–Crippen MR) is 79.7 cm³/mol. The minimum absolute atomic E-state index is 0.790. The summed E-state index contributed by atoms with van der Waals surface area (Å²) >= 11 is 0. The van der Waals surface area contributed by atoms with E-state index < -0.39 is 0 Å². The summed E-state index contributed by atoms with van der Waals surface area (Å²) in [6.07, 6.45) is 10.0. The third-order valence-corrected chi connectivity index (χ3v) is 5.56. The zero-order valence-electron chi connectivity index (χ0n) is 12.9. The lowest BCUT2D eigenvalue weighted by atomic mass is 9.75. The molecular formula is C17H33N. The van der Waals surface area contributed by atoms with Crippen molar-refractivity contribution in [3.05, 3.63) is 0 Å². The Labute approximate surface area is 114 Å². The maximum Gasteiger partial charge on any atom is 0.0100 e. The fourth-order valence-electron chi connectivity index (χ4n) is 4.20. The van der Waals surface area contributed by atoms with E-state index in [-0.39, 0.29) is 0 Å². The van der Waals surface area contributed by atoms with Crippen LogP contribution in [0, 0.1) is 23.7 Å². The van der Waals surface area contributed by atoms with Crippen LogP contribution in [-0.4, -0.2) is 12.1 Å². The van der Waals surface area contributed by atoms with Crippen LogP contribution >= 0.6 is 0 Å². The zero-order chi connectivity index (χ0) is 13.1. The molecule has 2 aliphatic carbocycles. The van der Waals surface area contributed by atoms with Crippen molar-refractivity contribution in [2.45, 2.75) is 84.7 Å². The van der Waals surface area contributed by atoms with E-state index >= 15 is 0 Å². The van der Waals surface area contributed by atoms with Crippen LogP contribution in [0.15, 0.2) is 0 Å². The molecule has 18 heavy (non-hydrogen) atoms. The van der Waals surface area contributed by atoms with Gasteiger partial charge in [0.05, 0.1) is 0 Å². The molecule has 5 unspecified atom stereocenters. The van der Waals surface area contributed by atoms with Gasteiger partial charge < -0.3 is 5.32 Å². The second kappa shape index (κ2) is 6.41. The predicted octanol–water partition coefficient (Wildman–Crippen LogP) is 4.62. The van der Waals surface area contributed by atoms with Crippen molar-refractivity contribution < 1.29 is 0 Å². The Morgan fingerprint density at radius 3 is 2.33 bits per heavy atom. The summed E-state index contributed by atoms with van der Waals surface area (Å²) in [5.74, 6) is 3.58. The lowest BCUT2D eigenvalue weighted by molar-refractivity contribution is 0.146. The highest BCUT2D eigenvalue weighted by molar-refractivity contribution is 4.89. The standard InChI is InChI=1S/C17H33N/c1-12(2)15-7-5-6-8-16(15)18-17-11-13(3)9-10-14(17)4/h12-18H,5-11H2,1-4H3. The van der Waals surface area contributed by atoms with Gasteiger partial charge in [0.15, 0.2) is 0 Å². The average molecular weight is 251 g/mol. The van der Waals surface area contributed by atoms with Gasteiger partial charge in [-0.2, -0.15) is 0 Å². The molecule has 0 bridgehead atoms. The average Bonchev–Trinajstić information content (AvgIpc) is 2.34. The van der Waals surface area contributed by atoms with Gasteiger partial charge in [0.25, 0.3) is 0 Å². The van der Waals surface area contributed by atoms with Gasteiger partial charge in [0, 0.05) is 12.1 Å². The molecule has 106 valence electrons. The number of nitrogens with one attached hydrogen (secondary N) is 1. The van der Waals surface area contributed by atoms with E-state index in [9.17, 15) is 0 Å². The van der Waals surface area contributed by atoms with Gasteiger partial charge in [0.2, 0.25) is 0 Å². The Balaban J connectivity index is 1.93. The second-order valence-electron chi connectivity index (χ2n) is 7.47. The van der Waals surface area contributed by atoms with Crippen LogP contribution in [0.4, 0.5) is 0 Å². The third-order valence-electron chi connectivity index (χ3n) is 5.56. The van der Waals surface area contributed by atoms with Crippen LogP contribution in [0.5, 0.6) is 0 Å². The molecule has 0 amide bonds. The summed E-state index contributed by atoms with van der Waals surface area (Å²) in [5.41, 5.74) is 0. The minimum atomic E-state index is 0.790. The molecule has 5 atom stereocenters. The molecule has 1 heteroatoms. The van der Waals surface area contributed by atoms with Crippen molar-refractivity contribution in [2.75, 3.05) is 0 Å². The zero-order valence-corrected chi connectivity index (χ0v) is 12.9. The molecule has 0 radical (unpaired) electrons. The van der Waals surface area contributed by atoms with Crippen molar-refractivity contribution in [2.24, 2.45) is 23.7 Å². The molecule has 0 saturated heterocycles. The van der Waals surface area contributed by atoms with E-state index in [2.05, 4.69) is 33.0 Å². The van der Waals surface area contributed by atoms with Gasteiger partial charge in [-0.05, 0) is 49.4 Å². The lowest BCUT2D eigenvalue weighted by Gasteiger charge is -2.41. The molecule has 0 heterocycles. The number of hydrogen-bond donors (Lipinski definition) is 1. The van der Waals surface area contributed by atoms with Crippen LogP contribution in [0.25, 0.3) is 0 Å².